The van der Waals surface area contributed by atoms with E-state index < -0.39 is 0 Å². The lowest BCUT2D eigenvalue weighted by atomic mass is 10.0. The number of aromatic nitrogens is 4. The molecule has 4 heterocycles. The Labute approximate surface area is 205 Å². The van der Waals surface area contributed by atoms with Gasteiger partial charge in [0.15, 0.2) is 0 Å². The summed E-state index contributed by atoms with van der Waals surface area (Å²) >= 11 is 1.74. The Morgan fingerprint density at radius 2 is 1.89 bits per heavy atom. The minimum Gasteiger partial charge on any atom is -0.353 e. The molecular weight excluding hydrogens is 454 g/mol. The largest absolute Gasteiger partial charge is 0.353 e. The van der Waals surface area contributed by atoms with E-state index in [1.54, 1.807) is 17.5 Å². The van der Waals surface area contributed by atoms with Crippen LogP contribution in [0.4, 0.5) is 5.69 Å². The lowest BCUT2D eigenvalue weighted by Gasteiger charge is -2.07. The minimum atomic E-state index is 0.0808. The van der Waals surface area contributed by atoms with Crippen molar-refractivity contribution in [3.8, 4) is 33.0 Å². The standard InChI is InChI=1S/C28H21N5OS/c34-28(16-6-7-16)30-19-11-18(14-29-15-19)17-8-9-24-22(12-17)27(33-32-24)25-13-21-20(26-5-2-10-35-26)3-1-4-23(21)31-25/h1-5,8-16,31H,6-7H2,(H,30,34)(H,32,33). The first-order valence-corrected chi connectivity index (χ1v) is 12.5. The number of amides is 1. The van der Waals surface area contributed by atoms with Crippen molar-refractivity contribution < 1.29 is 4.79 Å². The van der Waals surface area contributed by atoms with Crippen LogP contribution in [0.25, 0.3) is 54.8 Å². The number of pyridine rings is 1. The molecule has 4 aromatic heterocycles. The number of carbonyl (C=O) groups excluding carboxylic acids is 1. The normalized spacial score (nSPS) is 13.5. The van der Waals surface area contributed by atoms with Gasteiger partial charge in [-0.3, -0.25) is 14.9 Å². The van der Waals surface area contributed by atoms with E-state index in [0.29, 0.717) is 0 Å². The van der Waals surface area contributed by atoms with Gasteiger partial charge in [0.2, 0.25) is 5.91 Å². The summed E-state index contributed by atoms with van der Waals surface area (Å²) < 4.78 is 0. The Morgan fingerprint density at radius 3 is 2.74 bits per heavy atom. The zero-order valence-electron chi connectivity index (χ0n) is 18.7. The summed E-state index contributed by atoms with van der Waals surface area (Å²) in [5, 5.41) is 15.1. The summed E-state index contributed by atoms with van der Waals surface area (Å²) in [5.74, 6) is 0.234. The SMILES string of the molecule is O=C(Nc1cncc(-c2ccc3[nH]nc(-c4cc5c(-c6cccs6)cccc5[nH]4)c3c2)c1)C1CC1. The smallest absolute Gasteiger partial charge is 0.227 e. The molecule has 0 saturated heterocycles. The molecule has 1 aliphatic rings. The molecule has 170 valence electrons. The van der Waals surface area contributed by atoms with Crippen LogP contribution in [0, 0.1) is 5.92 Å². The predicted octanol–water partition coefficient (Wildman–Crippen LogP) is 6.85. The molecule has 35 heavy (non-hydrogen) atoms. The van der Waals surface area contributed by atoms with Crippen molar-refractivity contribution in [3.63, 3.8) is 0 Å². The fraction of sp³-hybridized carbons (Fsp3) is 0.107. The molecule has 1 aliphatic carbocycles. The number of rotatable bonds is 5. The first kappa shape index (κ1) is 20.2. The van der Waals surface area contributed by atoms with Crippen molar-refractivity contribution in [2.75, 3.05) is 5.32 Å². The highest BCUT2D eigenvalue weighted by atomic mass is 32.1. The van der Waals surface area contributed by atoms with Gasteiger partial charge >= 0.3 is 0 Å². The van der Waals surface area contributed by atoms with Gasteiger partial charge in [-0.15, -0.1) is 11.3 Å². The van der Waals surface area contributed by atoms with Crippen LogP contribution in [0.1, 0.15) is 12.8 Å². The fourth-order valence-corrected chi connectivity index (χ4v) is 5.35. The Balaban J connectivity index is 1.29. The van der Waals surface area contributed by atoms with Crippen LogP contribution >= 0.6 is 11.3 Å². The molecule has 2 aromatic carbocycles. The highest BCUT2D eigenvalue weighted by Crippen LogP contribution is 2.37. The summed E-state index contributed by atoms with van der Waals surface area (Å²) in [7, 11) is 0. The average molecular weight is 476 g/mol. The number of hydrogen-bond donors (Lipinski definition) is 3. The fourth-order valence-electron chi connectivity index (χ4n) is 4.58. The molecule has 1 fully saturated rings. The molecule has 0 bridgehead atoms. The third kappa shape index (κ3) is 3.61. The third-order valence-corrected chi connectivity index (χ3v) is 7.46. The molecule has 1 saturated carbocycles. The molecule has 3 N–H and O–H groups in total. The van der Waals surface area contributed by atoms with Crippen LogP contribution in [0.2, 0.25) is 0 Å². The molecule has 7 heteroatoms. The number of benzene rings is 2. The van der Waals surface area contributed by atoms with Crippen LogP contribution in [0.15, 0.2) is 78.4 Å². The maximum absolute atomic E-state index is 12.2. The van der Waals surface area contributed by atoms with E-state index >= 15 is 0 Å². The number of carbonyl (C=O) groups is 1. The number of nitrogens with zero attached hydrogens (tertiary/aromatic N) is 2. The van der Waals surface area contributed by atoms with Crippen LogP contribution in [-0.2, 0) is 4.79 Å². The van der Waals surface area contributed by atoms with E-state index in [-0.39, 0.29) is 11.8 Å². The van der Waals surface area contributed by atoms with Gasteiger partial charge < -0.3 is 10.3 Å². The molecule has 0 aliphatic heterocycles. The average Bonchev–Trinajstić information content (AvgIpc) is 3.26. The van der Waals surface area contributed by atoms with Crippen molar-refractivity contribution >= 4 is 44.7 Å². The number of fused-ring (bicyclic) bond motifs is 2. The molecular formula is C28H21N5OS. The van der Waals surface area contributed by atoms with Gasteiger partial charge in [0.05, 0.1) is 23.1 Å². The summed E-state index contributed by atoms with van der Waals surface area (Å²) in [6, 6.07) is 21.0. The van der Waals surface area contributed by atoms with Gasteiger partial charge in [-0.1, -0.05) is 24.3 Å². The molecule has 0 unspecified atom stereocenters. The number of thiophene rings is 1. The van der Waals surface area contributed by atoms with Crippen molar-refractivity contribution in [1.29, 1.82) is 0 Å². The van der Waals surface area contributed by atoms with Crippen LogP contribution < -0.4 is 5.32 Å². The molecule has 0 spiro atoms. The van der Waals surface area contributed by atoms with Crippen molar-refractivity contribution in [2.45, 2.75) is 12.8 Å². The Morgan fingerprint density at radius 1 is 0.943 bits per heavy atom. The van der Waals surface area contributed by atoms with Crippen molar-refractivity contribution in [1.82, 2.24) is 20.2 Å². The monoisotopic (exact) mass is 475 g/mol. The van der Waals surface area contributed by atoms with E-state index in [2.05, 4.69) is 73.3 Å². The number of nitrogens with one attached hydrogen (secondary N) is 3. The maximum Gasteiger partial charge on any atom is 0.227 e. The van der Waals surface area contributed by atoms with Crippen LogP contribution in [0.3, 0.4) is 0 Å². The van der Waals surface area contributed by atoms with Gasteiger partial charge in [0.1, 0.15) is 5.69 Å². The number of H-pyrrole nitrogens is 2. The van der Waals surface area contributed by atoms with E-state index in [1.165, 1.54) is 15.8 Å². The van der Waals surface area contributed by atoms with Crippen LogP contribution in [0.5, 0.6) is 0 Å². The first-order valence-electron chi connectivity index (χ1n) is 11.6. The van der Waals surface area contributed by atoms with Gasteiger partial charge in [-0.25, -0.2) is 0 Å². The summed E-state index contributed by atoms with van der Waals surface area (Å²) in [4.78, 5) is 21.4. The van der Waals surface area contributed by atoms with Crippen molar-refractivity contribution in [3.05, 3.63) is 78.4 Å². The summed E-state index contributed by atoms with van der Waals surface area (Å²) in [6.07, 6.45) is 5.47. The molecule has 1 amide bonds. The molecule has 0 radical (unpaired) electrons. The van der Waals surface area contributed by atoms with E-state index in [4.69, 9.17) is 0 Å². The second kappa shape index (κ2) is 7.92. The molecule has 0 atom stereocenters. The zero-order chi connectivity index (χ0) is 23.4. The summed E-state index contributed by atoms with van der Waals surface area (Å²) in [5.41, 5.74) is 7.81. The molecule has 6 aromatic rings. The third-order valence-electron chi connectivity index (χ3n) is 6.56. The van der Waals surface area contributed by atoms with E-state index in [0.717, 1.165) is 57.5 Å². The van der Waals surface area contributed by atoms with E-state index in [9.17, 15) is 4.79 Å². The zero-order valence-corrected chi connectivity index (χ0v) is 19.5. The quantitative estimate of drug-likeness (QED) is 0.255. The van der Waals surface area contributed by atoms with Gasteiger partial charge in [0, 0.05) is 44.4 Å². The lowest BCUT2D eigenvalue weighted by Crippen LogP contribution is -2.13. The predicted molar refractivity (Wildman–Crippen MR) is 141 cm³/mol. The second-order valence-corrected chi connectivity index (χ2v) is 9.93. The number of hydrogen-bond acceptors (Lipinski definition) is 4. The highest BCUT2D eigenvalue weighted by molar-refractivity contribution is 7.13. The second-order valence-electron chi connectivity index (χ2n) is 8.99. The maximum atomic E-state index is 12.2. The summed E-state index contributed by atoms with van der Waals surface area (Å²) in [6.45, 7) is 0. The van der Waals surface area contributed by atoms with Crippen LogP contribution in [-0.4, -0.2) is 26.1 Å². The van der Waals surface area contributed by atoms with Gasteiger partial charge in [-0.2, -0.15) is 5.10 Å². The number of aromatic amines is 2. The van der Waals surface area contributed by atoms with Crippen molar-refractivity contribution in [2.24, 2.45) is 5.92 Å². The van der Waals surface area contributed by atoms with Gasteiger partial charge in [0.25, 0.3) is 0 Å². The first-order chi connectivity index (χ1) is 17.2. The Hall–Kier alpha value is -4.23. The topological polar surface area (TPSA) is 86.5 Å². The molecule has 6 nitrogen and oxygen atoms in total. The van der Waals surface area contributed by atoms with E-state index in [1.807, 2.05) is 24.4 Å². The number of anilines is 1. The van der Waals surface area contributed by atoms with Gasteiger partial charge in [-0.05, 0) is 60.2 Å². The Bertz CT molecular complexity index is 1710. The Kier molecular flexibility index (Phi) is 4.57. The molecule has 7 rings (SSSR count). The highest BCUT2D eigenvalue weighted by Gasteiger charge is 2.29. The lowest BCUT2D eigenvalue weighted by molar-refractivity contribution is -0.117. The minimum absolute atomic E-state index is 0.0808.